The Morgan fingerprint density at radius 2 is 1.65 bits per heavy atom. The van der Waals surface area contributed by atoms with Crippen molar-refractivity contribution in [3.05, 3.63) is 66.0 Å². The molecule has 17 heavy (non-hydrogen) atoms. The minimum Gasteiger partial charge on any atom is -0.198 e. The van der Waals surface area contributed by atoms with Crippen LogP contribution in [0.4, 0.5) is 0 Å². The minimum absolute atomic E-state index is 0.694. The van der Waals surface area contributed by atoms with E-state index in [0.29, 0.717) is 5.92 Å². The third-order valence-electron chi connectivity index (χ3n) is 2.85. The van der Waals surface area contributed by atoms with Crippen LogP contribution in [0.25, 0.3) is 0 Å². The van der Waals surface area contributed by atoms with Gasteiger partial charge in [0, 0.05) is 24.1 Å². The highest BCUT2D eigenvalue weighted by atomic mass is 15.0. The summed E-state index contributed by atoms with van der Waals surface area (Å²) in [6.45, 7) is 5.49. The van der Waals surface area contributed by atoms with Crippen molar-refractivity contribution < 1.29 is 4.57 Å². The smallest absolute Gasteiger partial charge is 0.181 e. The molecule has 0 unspecified atom stereocenters. The van der Waals surface area contributed by atoms with E-state index in [1.807, 2.05) is 0 Å². The number of aromatic nitrogens is 1. The average molecular weight is 226 g/mol. The normalized spacial score (nSPS) is 10.8. The molecule has 0 spiro atoms. The van der Waals surface area contributed by atoms with E-state index in [1.54, 1.807) is 0 Å². The average Bonchev–Trinajstić information content (AvgIpc) is 2.32. The molecule has 0 saturated heterocycles. The first-order valence-electron chi connectivity index (χ1n) is 6.27. The van der Waals surface area contributed by atoms with Crippen molar-refractivity contribution in [2.75, 3.05) is 0 Å². The van der Waals surface area contributed by atoms with Gasteiger partial charge in [0.25, 0.3) is 0 Å². The van der Waals surface area contributed by atoms with Crippen molar-refractivity contribution >= 4 is 0 Å². The third-order valence-corrected chi connectivity index (χ3v) is 2.85. The molecule has 0 atom stereocenters. The summed E-state index contributed by atoms with van der Waals surface area (Å²) in [6, 6.07) is 17.1. The highest BCUT2D eigenvalue weighted by molar-refractivity contribution is 5.13. The molecule has 0 saturated carbocycles. The first kappa shape index (κ1) is 11.8. The van der Waals surface area contributed by atoms with Crippen LogP contribution >= 0.6 is 0 Å². The Bertz CT molecular complexity index is 460. The van der Waals surface area contributed by atoms with Gasteiger partial charge in [0.1, 0.15) is 0 Å². The Morgan fingerprint density at radius 1 is 0.941 bits per heavy atom. The third kappa shape index (κ3) is 3.42. The van der Waals surface area contributed by atoms with Crippen molar-refractivity contribution in [3.63, 3.8) is 0 Å². The van der Waals surface area contributed by atoms with Crippen LogP contribution < -0.4 is 4.57 Å². The molecule has 2 rings (SSSR count). The van der Waals surface area contributed by atoms with Gasteiger partial charge in [0.2, 0.25) is 0 Å². The minimum atomic E-state index is 0.694. The predicted molar refractivity (Wildman–Crippen MR) is 70.7 cm³/mol. The van der Waals surface area contributed by atoms with Crippen LogP contribution in [0.2, 0.25) is 0 Å². The van der Waals surface area contributed by atoms with Gasteiger partial charge in [-0.15, -0.1) is 0 Å². The maximum atomic E-state index is 2.34. The van der Waals surface area contributed by atoms with Crippen LogP contribution in [-0.2, 0) is 13.0 Å². The monoisotopic (exact) mass is 226 g/mol. The second-order valence-corrected chi connectivity index (χ2v) is 4.90. The van der Waals surface area contributed by atoms with E-state index in [-0.39, 0.29) is 0 Å². The van der Waals surface area contributed by atoms with Crippen LogP contribution in [0.3, 0.4) is 0 Å². The fraction of sp³-hybridized carbons (Fsp3) is 0.312. The van der Waals surface area contributed by atoms with E-state index in [9.17, 15) is 0 Å². The van der Waals surface area contributed by atoms with Crippen LogP contribution in [0.1, 0.15) is 25.1 Å². The van der Waals surface area contributed by atoms with Gasteiger partial charge in [-0.25, -0.2) is 0 Å². The molecule has 0 aliphatic rings. The second-order valence-electron chi connectivity index (χ2n) is 4.90. The van der Waals surface area contributed by atoms with Gasteiger partial charge in [-0.3, -0.25) is 0 Å². The molecule has 0 aliphatic carbocycles. The Hall–Kier alpha value is -1.63. The molecular weight excluding hydrogens is 206 g/mol. The standard InChI is InChI=1S/C16H20N/c1-14(2)12-16-10-6-7-11-17(16)13-15-8-4-3-5-9-15/h3-11,14H,12-13H2,1-2H3/q+1. The van der Waals surface area contributed by atoms with Crippen molar-refractivity contribution in [2.24, 2.45) is 5.92 Å². The van der Waals surface area contributed by atoms with Gasteiger partial charge < -0.3 is 0 Å². The Balaban J connectivity index is 2.20. The van der Waals surface area contributed by atoms with E-state index >= 15 is 0 Å². The number of nitrogens with zero attached hydrogens (tertiary/aromatic N) is 1. The second kappa shape index (κ2) is 5.62. The van der Waals surface area contributed by atoms with Crippen LogP contribution in [0.15, 0.2) is 54.7 Å². The fourth-order valence-corrected chi connectivity index (χ4v) is 2.05. The van der Waals surface area contributed by atoms with Crippen LogP contribution in [-0.4, -0.2) is 0 Å². The Labute approximate surface area is 104 Å². The van der Waals surface area contributed by atoms with Crippen molar-refractivity contribution in [1.82, 2.24) is 0 Å². The summed E-state index contributed by atoms with van der Waals surface area (Å²) in [6.07, 6.45) is 3.30. The summed E-state index contributed by atoms with van der Waals surface area (Å²) in [7, 11) is 0. The molecule has 0 bridgehead atoms. The predicted octanol–water partition coefficient (Wildman–Crippen LogP) is 3.22. The summed E-state index contributed by atoms with van der Waals surface area (Å²) in [5.74, 6) is 0.694. The molecule has 0 radical (unpaired) electrons. The number of hydrogen-bond acceptors (Lipinski definition) is 0. The molecular formula is C16H20N+. The first-order valence-corrected chi connectivity index (χ1v) is 6.27. The lowest BCUT2D eigenvalue weighted by molar-refractivity contribution is -0.696. The maximum absolute atomic E-state index is 2.34. The van der Waals surface area contributed by atoms with Gasteiger partial charge in [0.05, 0.1) is 0 Å². The van der Waals surface area contributed by atoms with Gasteiger partial charge in [-0.1, -0.05) is 50.2 Å². The molecule has 1 aromatic carbocycles. The highest BCUT2D eigenvalue weighted by Crippen LogP contribution is 2.04. The summed E-state index contributed by atoms with van der Waals surface area (Å²) < 4.78 is 2.34. The van der Waals surface area contributed by atoms with Gasteiger partial charge in [-0.05, 0) is 5.92 Å². The SMILES string of the molecule is CC(C)Cc1cccc[n+]1Cc1ccccc1. The molecule has 0 fully saturated rings. The van der Waals surface area contributed by atoms with Gasteiger partial charge >= 0.3 is 0 Å². The lowest BCUT2D eigenvalue weighted by atomic mass is 10.1. The van der Waals surface area contributed by atoms with Crippen molar-refractivity contribution in [2.45, 2.75) is 26.8 Å². The molecule has 1 heteroatoms. The van der Waals surface area contributed by atoms with E-state index in [1.165, 1.54) is 11.3 Å². The molecule has 1 heterocycles. The summed E-state index contributed by atoms with van der Waals surface area (Å²) in [5, 5.41) is 0. The molecule has 88 valence electrons. The topological polar surface area (TPSA) is 3.88 Å². The van der Waals surface area contributed by atoms with Crippen LogP contribution in [0, 0.1) is 5.92 Å². The quantitative estimate of drug-likeness (QED) is 0.705. The maximum Gasteiger partial charge on any atom is 0.181 e. The number of pyridine rings is 1. The summed E-state index contributed by atoms with van der Waals surface area (Å²) in [5.41, 5.74) is 2.76. The number of benzene rings is 1. The first-order chi connectivity index (χ1) is 8.25. The van der Waals surface area contributed by atoms with Gasteiger partial charge in [-0.2, -0.15) is 4.57 Å². The Morgan fingerprint density at radius 3 is 2.35 bits per heavy atom. The zero-order chi connectivity index (χ0) is 12.1. The van der Waals surface area contributed by atoms with E-state index in [0.717, 1.165) is 13.0 Å². The van der Waals surface area contributed by atoms with Crippen molar-refractivity contribution in [3.8, 4) is 0 Å². The molecule has 0 aliphatic heterocycles. The fourth-order valence-electron chi connectivity index (χ4n) is 2.05. The summed E-state index contributed by atoms with van der Waals surface area (Å²) >= 11 is 0. The zero-order valence-corrected chi connectivity index (χ0v) is 10.6. The van der Waals surface area contributed by atoms with E-state index in [2.05, 4.69) is 73.1 Å². The lowest BCUT2D eigenvalue weighted by Crippen LogP contribution is -2.38. The van der Waals surface area contributed by atoms with E-state index in [4.69, 9.17) is 0 Å². The molecule has 1 aromatic heterocycles. The Kier molecular flexibility index (Phi) is 3.92. The highest BCUT2D eigenvalue weighted by Gasteiger charge is 2.11. The van der Waals surface area contributed by atoms with E-state index < -0.39 is 0 Å². The lowest BCUT2D eigenvalue weighted by Gasteiger charge is -2.06. The van der Waals surface area contributed by atoms with Gasteiger partial charge in [0.15, 0.2) is 18.4 Å². The number of rotatable bonds is 4. The number of hydrogen-bond donors (Lipinski definition) is 0. The molecule has 0 amide bonds. The molecule has 2 aromatic rings. The van der Waals surface area contributed by atoms with Crippen molar-refractivity contribution in [1.29, 1.82) is 0 Å². The van der Waals surface area contributed by atoms with Crippen LogP contribution in [0.5, 0.6) is 0 Å². The largest absolute Gasteiger partial charge is 0.198 e. The summed E-state index contributed by atoms with van der Waals surface area (Å²) in [4.78, 5) is 0. The zero-order valence-electron chi connectivity index (χ0n) is 10.6. The molecule has 1 nitrogen and oxygen atoms in total. The molecule has 0 N–H and O–H groups in total.